The summed E-state index contributed by atoms with van der Waals surface area (Å²) in [6.45, 7) is 13.8. The normalized spacial score (nSPS) is 15.6. The van der Waals surface area contributed by atoms with Gasteiger partial charge in [0.1, 0.15) is 0 Å². The maximum Gasteiger partial charge on any atom is -1.00 e. The van der Waals surface area contributed by atoms with Crippen molar-refractivity contribution < 1.29 is 48.1 Å². The van der Waals surface area contributed by atoms with Crippen LogP contribution in [0.4, 0.5) is 0 Å². The number of fused-ring (bicyclic) bond motifs is 2. The molecule has 2 saturated carbocycles. The first-order valence-corrected chi connectivity index (χ1v) is 28.5. The largest absolute Gasteiger partial charge is 1.00 e. The standard InChI is InChI=1S/2C26H31.C2H6Si.2ClH.Zr/c2*1-3-19(2)22-12-14-23(15-13-22)25-11-7-10-24-17-21(18-26(24)25)16-20-8-5-4-6-9-20;1-3-2;;;/h2*7,10-15,17-20H,3-6,8-9,16H2,1-2H3;1-2H3;2*1H;/q2*-1;;;;+2/p-2. The molecule has 0 amide bonds. The Morgan fingerprint density at radius 2 is 0.897 bits per heavy atom. The first kappa shape index (κ1) is 48.4. The zero-order valence-corrected chi connectivity index (χ0v) is 41.3. The van der Waals surface area contributed by atoms with Crippen molar-refractivity contribution in [1.29, 1.82) is 0 Å². The molecular weight excluding hydrogens is 839 g/mol. The van der Waals surface area contributed by atoms with Gasteiger partial charge >= 0.3 is 41.9 Å². The molecule has 6 aromatic carbocycles. The van der Waals surface area contributed by atoms with Crippen molar-refractivity contribution >= 4 is 27.0 Å². The molecule has 0 radical (unpaired) electrons. The van der Waals surface area contributed by atoms with Crippen LogP contribution in [-0.4, -0.2) is 5.43 Å². The predicted octanol–water partition coefficient (Wildman–Crippen LogP) is 10.5. The van der Waals surface area contributed by atoms with E-state index in [2.05, 4.69) is 150 Å². The number of halogens is 2. The molecule has 0 spiro atoms. The van der Waals surface area contributed by atoms with Gasteiger partial charge in [-0.15, -0.1) is 69.1 Å². The molecular formula is C54H68Cl2SiZr-2. The summed E-state index contributed by atoms with van der Waals surface area (Å²) in [5, 5.41) is 5.66. The monoisotopic (exact) mass is 904 g/mol. The van der Waals surface area contributed by atoms with E-state index in [1.165, 1.54) is 156 Å². The summed E-state index contributed by atoms with van der Waals surface area (Å²) >= 11 is 1.74. The van der Waals surface area contributed by atoms with Crippen molar-refractivity contribution in [2.24, 2.45) is 11.8 Å². The van der Waals surface area contributed by atoms with Gasteiger partial charge in [-0.05, 0) is 71.6 Å². The maximum absolute atomic E-state index is 2.46. The zero-order chi connectivity index (χ0) is 39.4. The van der Waals surface area contributed by atoms with Gasteiger partial charge in [-0.1, -0.05) is 164 Å². The molecule has 2 atom stereocenters. The second-order valence-electron chi connectivity index (χ2n) is 17.6. The van der Waals surface area contributed by atoms with Crippen LogP contribution in [0.25, 0.3) is 43.8 Å². The van der Waals surface area contributed by atoms with E-state index >= 15 is 0 Å². The quantitative estimate of drug-likeness (QED) is 0.0949. The molecule has 2 unspecified atom stereocenters. The van der Waals surface area contributed by atoms with Gasteiger partial charge in [0, 0.05) is 0 Å². The molecule has 308 valence electrons. The van der Waals surface area contributed by atoms with Gasteiger partial charge in [0.25, 0.3) is 0 Å². The molecule has 0 aliphatic heterocycles. The van der Waals surface area contributed by atoms with E-state index in [-0.39, 0.29) is 30.2 Å². The average molecular weight is 907 g/mol. The number of benzene rings is 4. The number of hydrogen-bond acceptors (Lipinski definition) is 0. The minimum Gasteiger partial charge on any atom is -1.00 e. The minimum absolute atomic E-state index is 0. The molecule has 2 aliphatic rings. The summed E-state index contributed by atoms with van der Waals surface area (Å²) in [5.74, 6) is 3.08. The summed E-state index contributed by atoms with van der Waals surface area (Å²) in [6.07, 6.45) is 19.2. The van der Waals surface area contributed by atoms with Crippen molar-refractivity contribution in [3.63, 3.8) is 0 Å². The Bertz CT molecular complexity index is 1960. The second kappa shape index (κ2) is 24.3. The van der Waals surface area contributed by atoms with Crippen LogP contribution in [0.1, 0.15) is 139 Å². The van der Waals surface area contributed by atoms with Crippen LogP contribution in [0.3, 0.4) is 0 Å². The predicted molar refractivity (Wildman–Crippen MR) is 245 cm³/mol. The van der Waals surface area contributed by atoms with Crippen LogP contribution in [0.2, 0.25) is 13.1 Å². The maximum atomic E-state index is 2.46. The molecule has 0 heterocycles. The van der Waals surface area contributed by atoms with Crippen molar-refractivity contribution in [2.75, 3.05) is 0 Å². The molecule has 0 nitrogen and oxygen atoms in total. The molecule has 4 heteroatoms. The van der Waals surface area contributed by atoms with Crippen LogP contribution in [0, 0.1) is 11.8 Å². The van der Waals surface area contributed by atoms with E-state index in [1.54, 1.807) is 23.3 Å². The van der Waals surface area contributed by atoms with Crippen molar-refractivity contribution in [3.05, 3.63) is 131 Å². The third kappa shape index (κ3) is 13.4. The van der Waals surface area contributed by atoms with Crippen LogP contribution in [0.15, 0.2) is 109 Å². The first-order valence-electron chi connectivity index (χ1n) is 22.3. The van der Waals surface area contributed by atoms with E-state index in [0.717, 1.165) is 11.8 Å². The summed E-state index contributed by atoms with van der Waals surface area (Å²) in [7, 11) is 0. The van der Waals surface area contributed by atoms with Crippen LogP contribution < -0.4 is 24.8 Å². The Balaban J connectivity index is 0.000000228. The van der Waals surface area contributed by atoms with Crippen molar-refractivity contribution in [1.82, 2.24) is 0 Å². The van der Waals surface area contributed by atoms with E-state index in [0.29, 0.717) is 11.8 Å². The Kier molecular flexibility index (Phi) is 20.3. The number of hydrogen-bond donors (Lipinski definition) is 0. The van der Waals surface area contributed by atoms with E-state index in [4.69, 9.17) is 0 Å². The molecule has 6 aromatic rings. The fourth-order valence-electron chi connectivity index (χ4n) is 9.24. The molecule has 2 fully saturated rings. The Morgan fingerprint density at radius 3 is 1.22 bits per heavy atom. The Morgan fingerprint density at radius 1 is 0.552 bits per heavy atom. The van der Waals surface area contributed by atoms with Crippen LogP contribution in [0.5, 0.6) is 0 Å². The van der Waals surface area contributed by atoms with Gasteiger partial charge in [0.05, 0.1) is 0 Å². The Hall–Kier alpha value is -2.22. The van der Waals surface area contributed by atoms with Gasteiger partial charge in [-0.2, -0.15) is 12.1 Å². The topological polar surface area (TPSA) is 0 Å². The number of rotatable bonds is 10. The molecule has 58 heavy (non-hydrogen) atoms. The molecule has 2 aliphatic carbocycles. The van der Waals surface area contributed by atoms with Gasteiger partial charge < -0.3 is 24.8 Å². The van der Waals surface area contributed by atoms with Gasteiger partial charge in [-0.3, -0.25) is 0 Å². The Labute approximate surface area is 380 Å². The van der Waals surface area contributed by atoms with E-state index in [1.807, 2.05) is 0 Å². The molecule has 0 aromatic heterocycles. The minimum atomic E-state index is 0. The molecule has 0 saturated heterocycles. The van der Waals surface area contributed by atoms with Gasteiger partial charge in [0.15, 0.2) is 0 Å². The SMILES string of the molecule is CCC(C)c1ccc(-c2cccc3[cH-]c(CC4CCCCC4)cc23)cc1.CCC(C)c1ccc(-c2cccc3[cH-]c(CC4CCCCC4)cc23)cc1.C[Si](C)=[Zr+2].[Cl-].[Cl-]. The molecule has 8 rings (SSSR count). The third-order valence-corrected chi connectivity index (χ3v) is 12.9. The van der Waals surface area contributed by atoms with Crippen molar-refractivity contribution in [2.45, 2.75) is 143 Å². The summed E-state index contributed by atoms with van der Waals surface area (Å²) in [5.41, 5.74) is 11.6. The summed E-state index contributed by atoms with van der Waals surface area (Å²) < 4.78 is 0. The van der Waals surface area contributed by atoms with Crippen LogP contribution >= 0.6 is 0 Å². The van der Waals surface area contributed by atoms with Crippen molar-refractivity contribution in [3.8, 4) is 22.3 Å². The smallest absolute Gasteiger partial charge is 1.00 e. The average Bonchev–Trinajstić information content (AvgIpc) is 3.84. The van der Waals surface area contributed by atoms with Crippen LogP contribution in [-0.2, 0) is 36.2 Å². The summed E-state index contributed by atoms with van der Waals surface area (Å²) in [4.78, 5) is 0. The summed E-state index contributed by atoms with van der Waals surface area (Å²) in [6, 6.07) is 41.8. The molecule has 0 N–H and O–H groups in total. The van der Waals surface area contributed by atoms with E-state index in [9.17, 15) is 0 Å². The first-order chi connectivity index (χ1) is 27.2. The zero-order valence-electron chi connectivity index (χ0n) is 36.4. The van der Waals surface area contributed by atoms with Gasteiger partial charge in [0.2, 0.25) is 0 Å². The third-order valence-electron chi connectivity index (χ3n) is 12.9. The second-order valence-corrected chi connectivity index (χ2v) is 27.0. The van der Waals surface area contributed by atoms with E-state index < -0.39 is 0 Å². The van der Waals surface area contributed by atoms with Gasteiger partial charge in [-0.25, -0.2) is 0 Å². The molecule has 0 bridgehead atoms. The fraction of sp³-hybridized carbons (Fsp3) is 0.444. The fourth-order valence-corrected chi connectivity index (χ4v) is 9.24.